The zero-order chi connectivity index (χ0) is 47.6. The molecule has 6 heterocycles. The fourth-order valence-electron chi connectivity index (χ4n) is 11.4. The number of amides is 2. The molecule has 2 saturated heterocycles. The summed E-state index contributed by atoms with van der Waals surface area (Å²) in [4.78, 5) is 56.6. The van der Waals surface area contributed by atoms with E-state index >= 15 is 0 Å². The Morgan fingerprint density at radius 1 is 0.529 bits per heavy atom. The number of hydrogen-bond donors (Lipinski definition) is 4. The number of aliphatic hydroxyl groups excluding tert-OH is 2. The quantitative estimate of drug-likeness (QED) is 0.110. The predicted molar refractivity (Wildman–Crippen MR) is 269 cm³/mol. The zero-order valence-corrected chi connectivity index (χ0v) is 38.8. The Labute approximate surface area is 396 Å². The van der Waals surface area contributed by atoms with Crippen LogP contribution in [0.3, 0.4) is 0 Å². The average molecular weight is 911 g/mol. The van der Waals surface area contributed by atoms with Gasteiger partial charge in [0.25, 0.3) is 11.1 Å². The van der Waals surface area contributed by atoms with E-state index in [-0.39, 0.29) is 71.9 Å². The highest BCUT2D eigenvalue weighted by Crippen LogP contribution is 2.49. The van der Waals surface area contributed by atoms with Gasteiger partial charge in [-0.25, -0.2) is 0 Å². The van der Waals surface area contributed by atoms with Crippen LogP contribution in [0.1, 0.15) is 48.4 Å². The second-order valence-corrected chi connectivity index (χ2v) is 18.3. The van der Waals surface area contributed by atoms with Crippen LogP contribution in [0.15, 0.2) is 155 Å². The van der Waals surface area contributed by atoms with Gasteiger partial charge in [0.05, 0.1) is 24.2 Å². The Balaban J connectivity index is 0.000000170. The molecule has 12 nitrogen and oxygen atoms in total. The van der Waals surface area contributed by atoms with E-state index < -0.39 is 12.1 Å². The van der Waals surface area contributed by atoms with E-state index in [0.717, 1.165) is 45.0 Å². The Kier molecular flexibility index (Phi) is 13.4. The SMILES string of the molecule is C/C=C/c1ccc2n(c1=O)C[C@@H]1[C@@H](CO)[C@H](C(=O)Nc3ccc(-c4ccccc4)cc3)N(C)[C@H]21.C/C=C\c1ccc2n(c1=O)C[C@@H]1[C@@H](CO)[C@H](C(=O)Nc3ccc(-c4ccccc4)cc3)N(C)[C@H]21. The molecule has 0 spiro atoms. The van der Waals surface area contributed by atoms with Crippen molar-refractivity contribution < 1.29 is 19.8 Å². The number of nitrogens with zero attached hydrogens (tertiary/aromatic N) is 4. The molecule has 0 aliphatic carbocycles. The van der Waals surface area contributed by atoms with Gasteiger partial charge in [-0.1, -0.05) is 109 Å². The maximum absolute atomic E-state index is 13.4. The topological polar surface area (TPSA) is 149 Å². The molecule has 4 aliphatic rings. The van der Waals surface area contributed by atoms with Crippen molar-refractivity contribution >= 4 is 35.3 Å². The number of pyridine rings is 2. The number of likely N-dealkylation sites (N-methyl/N-ethyl adjacent to an activating group) is 2. The van der Waals surface area contributed by atoms with Crippen molar-refractivity contribution in [3.63, 3.8) is 0 Å². The van der Waals surface area contributed by atoms with Crippen molar-refractivity contribution in [1.29, 1.82) is 0 Å². The summed E-state index contributed by atoms with van der Waals surface area (Å²) in [6, 6.07) is 42.3. The van der Waals surface area contributed by atoms with Crippen molar-refractivity contribution in [3.05, 3.63) is 189 Å². The molecule has 0 bridgehead atoms. The summed E-state index contributed by atoms with van der Waals surface area (Å²) in [6.45, 7) is 4.58. The predicted octanol–water partition coefficient (Wildman–Crippen LogP) is 7.56. The highest BCUT2D eigenvalue weighted by Gasteiger charge is 2.55. The molecule has 12 heteroatoms. The van der Waals surface area contributed by atoms with Crippen LogP contribution in [0, 0.1) is 23.7 Å². The normalized spacial score (nSPS) is 23.7. The lowest BCUT2D eigenvalue weighted by atomic mass is 9.88. The number of nitrogens with one attached hydrogen (secondary N) is 2. The van der Waals surface area contributed by atoms with Crippen LogP contribution in [0.4, 0.5) is 11.4 Å². The van der Waals surface area contributed by atoms with Gasteiger partial charge in [0, 0.05) is 83.9 Å². The number of aromatic nitrogens is 2. The highest BCUT2D eigenvalue weighted by molar-refractivity contribution is 5.96. The molecule has 0 unspecified atom stereocenters. The fourth-order valence-corrected chi connectivity index (χ4v) is 11.4. The van der Waals surface area contributed by atoms with E-state index in [0.29, 0.717) is 24.2 Å². The number of carbonyl (C=O) groups is 2. The molecule has 4 aliphatic heterocycles. The van der Waals surface area contributed by atoms with Crippen LogP contribution in [0.25, 0.3) is 34.4 Å². The molecule has 10 rings (SSSR count). The molecule has 6 aromatic rings. The minimum Gasteiger partial charge on any atom is -0.396 e. The Morgan fingerprint density at radius 3 is 1.22 bits per heavy atom. The molecule has 4 aromatic carbocycles. The Hall–Kier alpha value is -6.96. The van der Waals surface area contributed by atoms with Gasteiger partial charge in [0.1, 0.15) is 0 Å². The first kappa shape index (κ1) is 46.2. The average Bonchev–Trinajstić information content (AvgIpc) is 4.09. The lowest BCUT2D eigenvalue weighted by molar-refractivity contribution is -0.122. The van der Waals surface area contributed by atoms with Crippen LogP contribution in [-0.4, -0.2) is 80.4 Å². The summed E-state index contributed by atoms with van der Waals surface area (Å²) >= 11 is 0. The van der Waals surface area contributed by atoms with E-state index in [2.05, 4.69) is 34.9 Å². The molecule has 0 saturated carbocycles. The lowest BCUT2D eigenvalue weighted by Crippen LogP contribution is -2.44. The van der Waals surface area contributed by atoms with Crippen LogP contribution in [-0.2, 0) is 22.7 Å². The summed E-state index contributed by atoms with van der Waals surface area (Å²) in [7, 11) is 3.83. The van der Waals surface area contributed by atoms with Gasteiger partial charge in [-0.05, 0) is 98.7 Å². The van der Waals surface area contributed by atoms with Gasteiger partial charge in [-0.15, -0.1) is 0 Å². The number of benzene rings is 4. The first-order valence-corrected chi connectivity index (χ1v) is 23.4. The van der Waals surface area contributed by atoms with Crippen molar-refractivity contribution in [2.45, 2.75) is 51.1 Å². The minimum absolute atomic E-state index is 0.000220. The molecule has 348 valence electrons. The number of aliphatic hydroxyl groups is 2. The second-order valence-electron chi connectivity index (χ2n) is 18.3. The molecular weight excluding hydrogens is 853 g/mol. The first-order valence-electron chi connectivity index (χ1n) is 23.4. The molecule has 68 heavy (non-hydrogen) atoms. The number of fused-ring (bicyclic) bond motifs is 6. The third kappa shape index (κ3) is 8.49. The largest absolute Gasteiger partial charge is 0.396 e. The van der Waals surface area contributed by atoms with E-state index in [1.54, 1.807) is 9.13 Å². The van der Waals surface area contributed by atoms with E-state index in [1.165, 1.54) is 0 Å². The van der Waals surface area contributed by atoms with Gasteiger partial charge < -0.3 is 30.0 Å². The van der Waals surface area contributed by atoms with Crippen molar-refractivity contribution in [1.82, 2.24) is 18.9 Å². The van der Waals surface area contributed by atoms with E-state index in [4.69, 9.17) is 0 Å². The molecule has 2 fully saturated rings. The molecule has 2 aromatic heterocycles. The summed E-state index contributed by atoms with van der Waals surface area (Å²) in [5, 5.41) is 26.6. The molecule has 8 atom stereocenters. The monoisotopic (exact) mass is 910 g/mol. The van der Waals surface area contributed by atoms with E-state index in [1.807, 2.05) is 171 Å². The van der Waals surface area contributed by atoms with Crippen LogP contribution >= 0.6 is 0 Å². The lowest BCUT2D eigenvalue weighted by Gasteiger charge is -2.27. The standard InChI is InChI=1S/2C28H29N3O3/c2*1-3-7-20-12-15-24-25-22(16-31(24)28(20)34)23(17-32)26(30(25)2)27(33)29-21-13-10-19(11-14-21)18-8-5-4-6-9-18/h2*3-15,22-23,25-26,32H,16-17H2,1-2H3,(H,29,33)/b7-3+;7-3-/t2*22-,23-,25+,26-/m11/s1. The van der Waals surface area contributed by atoms with Crippen LogP contribution in [0.2, 0.25) is 0 Å². The number of anilines is 2. The molecular formula is C56H58N6O6. The van der Waals surface area contributed by atoms with Crippen molar-refractivity contribution in [2.75, 3.05) is 37.9 Å². The van der Waals surface area contributed by atoms with Gasteiger partial charge in [-0.3, -0.25) is 29.0 Å². The summed E-state index contributed by atoms with van der Waals surface area (Å²) in [5.74, 6) is -0.795. The molecule has 2 amide bonds. The minimum atomic E-state index is -0.479. The van der Waals surface area contributed by atoms with Gasteiger partial charge >= 0.3 is 0 Å². The summed E-state index contributed by atoms with van der Waals surface area (Å²) < 4.78 is 3.61. The summed E-state index contributed by atoms with van der Waals surface area (Å²) in [5.41, 5.74) is 8.94. The fraction of sp³-hybridized carbons (Fsp3) is 0.286. The number of rotatable bonds is 10. The Morgan fingerprint density at radius 2 is 0.882 bits per heavy atom. The maximum atomic E-state index is 13.4. The van der Waals surface area contributed by atoms with Gasteiger partial charge in [0.15, 0.2) is 0 Å². The highest BCUT2D eigenvalue weighted by atomic mass is 16.3. The third-order valence-electron chi connectivity index (χ3n) is 14.5. The zero-order valence-electron chi connectivity index (χ0n) is 38.8. The van der Waals surface area contributed by atoms with Crippen LogP contribution < -0.4 is 21.8 Å². The van der Waals surface area contributed by atoms with Gasteiger partial charge in [0.2, 0.25) is 11.8 Å². The second kappa shape index (κ2) is 19.7. The van der Waals surface area contributed by atoms with Gasteiger partial charge in [-0.2, -0.15) is 0 Å². The number of allylic oxidation sites excluding steroid dienone is 2. The van der Waals surface area contributed by atoms with Crippen molar-refractivity contribution in [3.8, 4) is 22.3 Å². The van der Waals surface area contributed by atoms with Crippen LogP contribution in [0.5, 0.6) is 0 Å². The number of hydrogen-bond acceptors (Lipinski definition) is 8. The Bertz CT molecular complexity index is 2760. The number of likely N-dealkylation sites (tertiary alicyclic amines) is 2. The van der Waals surface area contributed by atoms with E-state index in [9.17, 15) is 29.4 Å². The third-order valence-corrected chi connectivity index (χ3v) is 14.5. The molecule has 4 N–H and O–H groups in total. The van der Waals surface area contributed by atoms with Crippen molar-refractivity contribution in [2.24, 2.45) is 23.7 Å². The number of carbonyl (C=O) groups excluding carboxylic acids is 2. The maximum Gasteiger partial charge on any atom is 0.258 e. The molecule has 0 radical (unpaired) electrons. The summed E-state index contributed by atoms with van der Waals surface area (Å²) in [6.07, 6.45) is 7.34. The smallest absolute Gasteiger partial charge is 0.258 e. The first-order chi connectivity index (χ1) is 33.1.